The minimum atomic E-state index is 0.223. The number of hydrogen-bond donors (Lipinski definition) is 1. The lowest BCUT2D eigenvalue weighted by atomic mass is 9.64. The van der Waals surface area contributed by atoms with Gasteiger partial charge in [0.25, 0.3) is 0 Å². The van der Waals surface area contributed by atoms with E-state index in [0.717, 1.165) is 19.4 Å². The average molecular weight is 243 g/mol. The Morgan fingerprint density at radius 1 is 1.17 bits per heavy atom. The monoisotopic (exact) mass is 243 g/mol. The lowest BCUT2D eigenvalue weighted by Crippen LogP contribution is -2.47. The van der Waals surface area contributed by atoms with E-state index in [2.05, 4.69) is 35.6 Å². The standard InChI is InChI=1S/C16H21NO/c18-15(13-6-4-7-13)17-12-16(10-5-11-16)14-8-2-1-3-9-14/h1-3,8-9,13H,4-7,10-12H2,(H,17,18). The van der Waals surface area contributed by atoms with Gasteiger partial charge in [0.2, 0.25) is 5.91 Å². The summed E-state index contributed by atoms with van der Waals surface area (Å²) >= 11 is 0. The van der Waals surface area contributed by atoms with Crippen molar-refractivity contribution in [3.05, 3.63) is 35.9 Å². The van der Waals surface area contributed by atoms with Gasteiger partial charge >= 0.3 is 0 Å². The predicted octanol–water partition coefficient (Wildman–Crippen LogP) is 3.02. The third kappa shape index (κ3) is 2.05. The highest BCUT2D eigenvalue weighted by Gasteiger charge is 2.39. The van der Waals surface area contributed by atoms with E-state index in [1.807, 2.05) is 0 Å². The molecule has 0 unspecified atom stereocenters. The largest absolute Gasteiger partial charge is 0.355 e. The summed E-state index contributed by atoms with van der Waals surface area (Å²) in [5, 5.41) is 3.19. The first-order valence-corrected chi connectivity index (χ1v) is 7.13. The molecule has 3 rings (SSSR count). The second-order valence-corrected chi connectivity index (χ2v) is 5.85. The van der Waals surface area contributed by atoms with Crippen LogP contribution >= 0.6 is 0 Å². The number of carbonyl (C=O) groups is 1. The highest BCUT2D eigenvalue weighted by atomic mass is 16.1. The third-order valence-electron chi connectivity index (χ3n) is 4.77. The van der Waals surface area contributed by atoms with Crippen molar-refractivity contribution in [2.45, 2.75) is 43.9 Å². The summed E-state index contributed by atoms with van der Waals surface area (Å²) < 4.78 is 0. The smallest absolute Gasteiger partial charge is 0.223 e. The number of rotatable bonds is 4. The van der Waals surface area contributed by atoms with Gasteiger partial charge in [0.05, 0.1) is 0 Å². The molecule has 0 spiro atoms. The van der Waals surface area contributed by atoms with Crippen molar-refractivity contribution in [1.82, 2.24) is 5.32 Å². The molecule has 0 saturated heterocycles. The van der Waals surface area contributed by atoms with Crippen LogP contribution in [0.2, 0.25) is 0 Å². The third-order valence-corrected chi connectivity index (χ3v) is 4.77. The van der Waals surface area contributed by atoms with Gasteiger partial charge in [-0.2, -0.15) is 0 Å². The summed E-state index contributed by atoms with van der Waals surface area (Å²) in [5.41, 5.74) is 1.62. The van der Waals surface area contributed by atoms with Gasteiger partial charge < -0.3 is 5.32 Å². The molecule has 2 fully saturated rings. The molecule has 2 saturated carbocycles. The second-order valence-electron chi connectivity index (χ2n) is 5.85. The van der Waals surface area contributed by atoms with E-state index in [4.69, 9.17) is 0 Å². The fourth-order valence-electron chi connectivity index (χ4n) is 3.03. The highest BCUT2D eigenvalue weighted by Crippen LogP contribution is 2.43. The van der Waals surface area contributed by atoms with Crippen molar-refractivity contribution in [3.63, 3.8) is 0 Å². The number of hydrogen-bond acceptors (Lipinski definition) is 1. The predicted molar refractivity (Wildman–Crippen MR) is 72.3 cm³/mol. The van der Waals surface area contributed by atoms with Crippen LogP contribution in [0.4, 0.5) is 0 Å². The Labute approximate surface area is 109 Å². The van der Waals surface area contributed by atoms with Gasteiger partial charge in [-0.15, -0.1) is 0 Å². The number of carbonyl (C=O) groups excluding carboxylic acids is 1. The van der Waals surface area contributed by atoms with Gasteiger partial charge in [-0.25, -0.2) is 0 Å². The van der Waals surface area contributed by atoms with Crippen molar-refractivity contribution < 1.29 is 4.79 Å². The van der Waals surface area contributed by atoms with E-state index in [-0.39, 0.29) is 11.3 Å². The molecule has 2 nitrogen and oxygen atoms in total. The zero-order valence-corrected chi connectivity index (χ0v) is 10.8. The normalized spacial score (nSPS) is 21.8. The number of nitrogens with one attached hydrogen (secondary N) is 1. The second kappa shape index (κ2) is 4.75. The Balaban J connectivity index is 1.64. The molecule has 1 N–H and O–H groups in total. The molecule has 0 heterocycles. The van der Waals surface area contributed by atoms with Crippen molar-refractivity contribution in [2.75, 3.05) is 6.54 Å². The average Bonchev–Trinajstić information content (AvgIpc) is 2.26. The Bertz CT molecular complexity index is 418. The quantitative estimate of drug-likeness (QED) is 0.865. The van der Waals surface area contributed by atoms with E-state index >= 15 is 0 Å². The zero-order chi connectivity index (χ0) is 12.4. The van der Waals surface area contributed by atoms with E-state index in [1.54, 1.807) is 0 Å². The molecule has 0 aromatic heterocycles. The van der Waals surface area contributed by atoms with Crippen LogP contribution in [0, 0.1) is 5.92 Å². The SMILES string of the molecule is O=C(NCC1(c2ccccc2)CCC1)C1CCC1. The summed E-state index contributed by atoms with van der Waals surface area (Å²) in [5.74, 6) is 0.585. The molecule has 0 radical (unpaired) electrons. The van der Waals surface area contributed by atoms with Crippen LogP contribution < -0.4 is 5.32 Å². The maximum atomic E-state index is 11.9. The van der Waals surface area contributed by atoms with Crippen LogP contribution in [-0.4, -0.2) is 12.5 Å². The minimum Gasteiger partial charge on any atom is -0.355 e. The van der Waals surface area contributed by atoms with Crippen molar-refractivity contribution in [2.24, 2.45) is 5.92 Å². The first-order chi connectivity index (χ1) is 8.80. The molecule has 1 amide bonds. The summed E-state index contributed by atoms with van der Waals surface area (Å²) in [7, 11) is 0. The fraction of sp³-hybridized carbons (Fsp3) is 0.562. The van der Waals surface area contributed by atoms with Gasteiger partial charge in [-0.05, 0) is 31.2 Å². The van der Waals surface area contributed by atoms with Crippen molar-refractivity contribution in [3.8, 4) is 0 Å². The van der Waals surface area contributed by atoms with Crippen LogP contribution in [0.5, 0.6) is 0 Å². The van der Waals surface area contributed by atoms with Gasteiger partial charge in [-0.3, -0.25) is 4.79 Å². The fourth-order valence-corrected chi connectivity index (χ4v) is 3.03. The van der Waals surface area contributed by atoms with Gasteiger partial charge in [0, 0.05) is 17.9 Å². The van der Waals surface area contributed by atoms with Crippen molar-refractivity contribution >= 4 is 5.91 Å². The molecule has 18 heavy (non-hydrogen) atoms. The molecule has 0 bridgehead atoms. The van der Waals surface area contributed by atoms with E-state index in [9.17, 15) is 4.79 Å². The van der Waals surface area contributed by atoms with Crippen LogP contribution in [0.3, 0.4) is 0 Å². The molecule has 96 valence electrons. The lowest BCUT2D eigenvalue weighted by Gasteiger charge is -2.43. The Morgan fingerprint density at radius 3 is 2.39 bits per heavy atom. The molecule has 2 heteroatoms. The Morgan fingerprint density at radius 2 is 1.89 bits per heavy atom. The maximum absolute atomic E-state index is 11.9. The van der Waals surface area contributed by atoms with E-state index < -0.39 is 0 Å². The summed E-state index contributed by atoms with van der Waals surface area (Å²) in [6.45, 7) is 0.826. The van der Waals surface area contributed by atoms with Crippen LogP contribution in [0.25, 0.3) is 0 Å². The van der Waals surface area contributed by atoms with Crippen LogP contribution in [0.1, 0.15) is 44.1 Å². The van der Waals surface area contributed by atoms with Crippen molar-refractivity contribution in [1.29, 1.82) is 0 Å². The van der Waals surface area contributed by atoms with Gasteiger partial charge in [-0.1, -0.05) is 43.2 Å². The van der Waals surface area contributed by atoms with E-state index in [0.29, 0.717) is 5.92 Å². The van der Waals surface area contributed by atoms with Gasteiger partial charge in [0.15, 0.2) is 0 Å². The molecule has 1 aromatic carbocycles. The molecular formula is C16H21NO. The molecule has 2 aliphatic carbocycles. The Hall–Kier alpha value is -1.31. The Kier molecular flexibility index (Phi) is 3.11. The first kappa shape index (κ1) is 11.8. The summed E-state index contributed by atoms with van der Waals surface area (Å²) in [6.07, 6.45) is 7.11. The maximum Gasteiger partial charge on any atom is 0.223 e. The van der Waals surface area contributed by atoms with E-state index in [1.165, 1.54) is 31.2 Å². The number of benzene rings is 1. The van der Waals surface area contributed by atoms with Gasteiger partial charge in [0.1, 0.15) is 0 Å². The summed E-state index contributed by atoms with van der Waals surface area (Å²) in [4.78, 5) is 11.9. The minimum absolute atomic E-state index is 0.223. The van der Waals surface area contributed by atoms with Crippen LogP contribution in [0.15, 0.2) is 30.3 Å². The molecule has 0 atom stereocenters. The summed E-state index contributed by atoms with van der Waals surface area (Å²) in [6, 6.07) is 10.7. The van der Waals surface area contributed by atoms with Crippen LogP contribution in [-0.2, 0) is 10.2 Å². The number of amides is 1. The first-order valence-electron chi connectivity index (χ1n) is 7.13. The topological polar surface area (TPSA) is 29.1 Å². The molecule has 1 aromatic rings. The molecule has 0 aliphatic heterocycles. The lowest BCUT2D eigenvalue weighted by molar-refractivity contribution is -0.127. The molecule has 2 aliphatic rings. The molecular weight excluding hydrogens is 222 g/mol. The highest BCUT2D eigenvalue weighted by molar-refractivity contribution is 5.79. The zero-order valence-electron chi connectivity index (χ0n) is 10.8.